The molecule has 0 saturated carbocycles. The topological polar surface area (TPSA) is 62.0 Å². The van der Waals surface area contributed by atoms with Gasteiger partial charge in [-0.25, -0.2) is 0 Å². The van der Waals surface area contributed by atoms with Crippen LogP contribution in [0, 0.1) is 0 Å². The molecule has 2 aromatic rings. The molecule has 0 bridgehead atoms. The number of hydrogen-bond donors (Lipinski definition) is 1. The summed E-state index contributed by atoms with van der Waals surface area (Å²) in [4.78, 5) is 0. The van der Waals surface area contributed by atoms with Crippen LogP contribution in [-0.4, -0.2) is 46.8 Å². The van der Waals surface area contributed by atoms with E-state index in [-0.39, 0.29) is 12.2 Å². The molecular weight excluding hydrogens is 380 g/mol. The van der Waals surface area contributed by atoms with Crippen molar-refractivity contribution in [1.29, 1.82) is 0 Å². The highest BCUT2D eigenvalue weighted by Crippen LogP contribution is 2.47. The van der Waals surface area contributed by atoms with Gasteiger partial charge in [0.2, 0.25) is 0 Å². The second kappa shape index (κ2) is 8.11. The lowest BCUT2D eigenvalue weighted by molar-refractivity contribution is 0.355. The van der Waals surface area contributed by atoms with Crippen molar-refractivity contribution >= 4 is 12.9 Å². The maximum Gasteiger partial charge on any atom is 0.186 e. The van der Waals surface area contributed by atoms with Gasteiger partial charge < -0.3 is 27.9 Å². The van der Waals surface area contributed by atoms with Gasteiger partial charge in [-0.3, -0.25) is 0 Å². The monoisotopic (exact) mass is 404 g/mol. The van der Waals surface area contributed by atoms with E-state index in [1.54, 1.807) is 21.3 Å². The van der Waals surface area contributed by atoms with Crippen LogP contribution in [0.3, 0.4) is 0 Å². The molecule has 0 spiro atoms. The van der Waals surface area contributed by atoms with E-state index < -0.39 is 0 Å². The molecule has 4 rings (SSSR count). The summed E-state index contributed by atoms with van der Waals surface area (Å²) in [6.45, 7) is 1.58. The molecule has 2 aliphatic heterocycles. The number of ether oxygens (including phenoxy) is 5. The first-order valence-electron chi connectivity index (χ1n) is 9.17. The summed E-state index contributed by atoms with van der Waals surface area (Å²) in [7, 11) is 4.88. The van der Waals surface area contributed by atoms with Gasteiger partial charge in [-0.2, -0.15) is 0 Å². The van der Waals surface area contributed by atoms with Gasteiger partial charge in [-0.15, -0.1) is 0 Å². The third-order valence-corrected chi connectivity index (χ3v) is 5.17. The van der Waals surface area contributed by atoms with Crippen LogP contribution in [0.25, 0.3) is 11.1 Å². The predicted molar refractivity (Wildman–Crippen MR) is 108 cm³/mol. The average Bonchev–Trinajstić information content (AvgIpc) is 3.63. The Balaban J connectivity index is 1.87. The van der Waals surface area contributed by atoms with E-state index in [1.165, 1.54) is 0 Å². The lowest BCUT2D eigenvalue weighted by atomic mass is 9.95. The van der Waals surface area contributed by atoms with Gasteiger partial charge in [0.15, 0.2) is 23.0 Å². The van der Waals surface area contributed by atoms with Crippen LogP contribution < -0.4 is 18.4 Å². The highest BCUT2D eigenvalue weighted by molar-refractivity contribution is 7.75. The van der Waals surface area contributed by atoms with Crippen molar-refractivity contribution in [3.05, 3.63) is 35.4 Å². The Hall–Kier alpha value is -2.09. The molecule has 2 saturated heterocycles. The molecule has 7 heteroatoms. The van der Waals surface area contributed by atoms with Crippen molar-refractivity contribution in [1.82, 2.24) is 0 Å². The Kier molecular flexibility index (Phi) is 5.57. The van der Waals surface area contributed by atoms with E-state index in [4.69, 9.17) is 27.9 Å². The third kappa shape index (κ3) is 4.01. The minimum absolute atomic E-state index is 0.259. The summed E-state index contributed by atoms with van der Waals surface area (Å²) in [5.74, 6) is 2.44. The van der Waals surface area contributed by atoms with Gasteiger partial charge in [0.25, 0.3) is 0 Å². The van der Waals surface area contributed by atoms with Crippen LogP contribution >= 0.6 is 12.9 Å². The number of methoxy groups -OCH3 is 3. The van der Waals surface area contributed by atoms with E-state index in [0.717, 1.165) is 48.3 Å². The fraction of sp³-hybridized carbons (Fsp3) is 0.429. The van der Waals surface area contributed by atoms with E-state index in [0.29, 0.717) is 23.0 Å². The molecular formula is C21H24O6S. The molecule has 2 fully saturated rings. The van der Waals surface area contributed by atoms with Crippen molar-refractivity contribution in [2.45, 2.75) is 25.0 Å². The Labute approximate surface area is 170 Å². The summed E-state index contributed by atoms with van der Waals surface area (Å²) < 4.78 is 33.1. The zero-order valence-corrected chi connectivity index (χ0v) is 17.1. The Morgan fingerprint density at radius 3 is 1.64 bits per heavy atom. The number of hydrogen-bond acceptors (Lipinski definition) is 7. The number of benzene rings is 2. The van der Waals surface area contributed by atoms with E-state index in [1.807, 2.05) is 12.1 Å². The highest BCUT2D eigenvalue weighted by atomic mass is 32.1. The quantitative estimate of drug-likeness (QED) is 0.392. The van der Waals surface area contributed by atoms with Crippen LogP contribution in [0.15, 0.2) is 24.3 Å². The van der Waals surface area contributed by atoms with Gasteiger partial charge in [0.05, 0.1) is 46.8 Å². The molecule has 0 N–H and O–H groups in total. The fourth-order valence-corrected chi connectivity index (χ4v) is 3.65. The summed E-state index contributed by atoms with van der Waals surface area (Å²) in [5, 5.41) is 0. The van der Waals surface area contributed by atoms with Crippen molar-refractivity contribution in [3.8, 4) is 34.1 Å². The fourth-order valence-electron chi connectivity index (χ4n) is 3.46. The normalized spacial score (nSPS) is 19.9. The zero-order valence-electron chi connectivity index (χ0n) is 16.2. The second-order valence-electron chi connectivity index (χ2n) is 6.96. The smallest absolute Gasteiger partial charge is 0.186 e. The summed E-state index contributed by atoms with van der Waals surface area (Å²) in [6, 6.07) is 8.11. The molecule has 2 unspecified atom stereocenters. The number of thiol groups is 1. The Morgan fingerprint density at radius 2 is 1.25 bits per heavy atom. The molecule has 150 valence electrons. The van der Waals surface area contributed by atoms with Crippen LogP contribution in [0.1, 0.15) is 11.1 Å². The number of rotatable bonds is 9. The second-order valence-corrected chi connectivity index (χ2v) is 7.15. The van der Waals surface area contributed by atoms with Crippen molar-refractivity contribution < 1.29 is 27.9 Å². The van der Waals surface area contributed by atoms with Gasteiger partial charge in [0, 0.05) is 36.9 Å². The van der Waals surface area contributed by atoms with Gasteiger partial charge in [-0.05, 0) is 35.4 Å². The Bertz CT molecular complexity index is 789. The van der Waals surface area contributed by atoms with Crippen molar-refractivity contribution in [2.24, 2.45) is 0 Å². The molecule has 28 heavy (non-hydrogen) atoms. The minimum Gasteiger partial charge on any atom is -0.493 e. The first kappa shape index (κ1) is 19.2. The van der Waals surface area contributed by atoms with E-state index in [2.05, 4.69) is 25.0 Å². The summed E-state index contributed by atoms with van der Waals surface area (Å²) in [5.41, 5.74) is 3.90. The number of epoxide rings is 2. The molecule has 2 atom stereocenters. The standard InChI is InChI=1S/C21H24O6S/c1-22-18-8-12(4-14-10-25-14)6-16(20(18)24-3)17-7-13(5-15-11-26-15)9-19(23-2)21(17)27-28/h6-9,14-15,28H,4-5,10-11H2,1-3H3. The van der Waals surface area contributed by atoms with Crippen LogP contribution in [0.5, 0.6) is 23.0 Å². The van der Waals surface area contributed by atoms with Crippen LogP contribution in [0.4, 0.5) is 0 Å². The molecule has 0 radical (unpaired) electrons. The van der Waals surface area contributed by atoms with Crippen molar-refractivity contribution in [2.75, 3.05) is 34.5 Å². The van der Waals surface area contributed by atoms with E-state index in [9.17, 15) is 0 Å². The van der Waals surface area contributed by atoms with Gasteiger partial charge in [0.1, 0.15) is 0 Å². The lowest BCUT2D eigenvalue weighted by Gasteiger charge is -2.19. The van der Waals surface area contributed by atoms with E-state index >= 15 is 0 Å². The zero-order chi connectivity index (χ0) is 19.7. The molecule has 2 aliphatic rings. The maximum atomic E-state index is 5.70. The Morgan fingerprint density at radius 1 is 0.786 bits per heavy atom. The molecule has 0 aromatic heterocycles. The average molecular weight is 404 g/mol. The SMILES string of the molecule is COc1cc(CC2CO2)cc(-c2cc(CC3CO3)cc(OC)c2OS)c1OC. The van der Waals surface area contributed by atoms with Crippen LogP contribution in [0.2, 0.25) is 0 Å². The van der Waals surface area contributed by atoms with Crippen molar-refractivity contribution in [3.63, 3.8) is 0 Å². The summed E-state index contributed by atoms with van der Waals surface area (Å²) in [6.07, 6.45) is 2.15. The lowest BCUT2D eigenvalue weighted by Crippen LogP contribution is -2.01. The molecule has 2 heterocycles. The predicted octanol–water partition coefficient (Wildman–Crippen LogP) is 3.49. The molecule has 0 amide bonds. The third-order valence-electron chi connectivity index (χ3n) is 4.99. The highest BCUT2D eigenvalue weighted by Gasteiger charge is 2.27. The van der Waals surface area contributed by atoms with Crippen LogP contribution in [-0.2, 0) is 22.3 Å². The first-order chi connectivity index (χ1) is 13.7. The van der Waals surface area contributed by atoms with Gasteiger partial charge in [-0.1, -0.05) is 0 Å². The summed E-state index contributed by atoms with van der Waals surface area (Å²) >= 11 is 4.08. The molecule has 2 aromatic carbocycles. The minimum atomic E-state index is 0.259. The molecule has 6 nitrogen and oxygen atoms in total. The molecule has 0 aliphatic carbocycles. The first-order valence-corrected chi connectivity index (χ1v) is 9.54. The largest absolute Gasteiger partial charge is 0.493 e. The van der Waals surface area contributed by atoms with Gasteiger partial charge >= 0.3 is 0 Å². The maximum absolute atomic E-state index is 5.70.